The lowest BCUT2D eigenvalue weighted by Gasteiger charge is -2.21. The Morgan fingerprint density at radius 1 is 1.33 bits per heavy atom. The maximum Gasteiger partial charge on any atom is 0.408 e. The summed E-state index contributed by atoms with van der Waals surface area (Å²) in [6.07, 6.45) is 1.88. The lowest BCUT2D eigenvalue weighted by Crippen LogP contribution is -2.43. The number of hydrogen-bond donors (Lipinski definition) is 2. The van der Waals surface area contributed by atoms with Crippen LogP contribution in [0.15, 0.2) is 12.2 Å². The SMILES string of the molecule is CC(=O)C=CC[C@H](NC(=O)OC(C)(C)C)C(=O)O. The molecule has 6 nitrogen and oxygen atoms in total. The fourth-order valence-corrected chi connectivity index (χ4v) is 1.04. The second-order valence-electron chi connectivity index (χ2n) is 4.79. The highest BCUT2D eigenvalue weighted by molar-refractivity contribution is 5.87. The van der Waals surface area contributed by atoms with Crippen molar-refractivity contribution in [3.8, 4) is 0 Å². The number of carbonyl (C=O) groups is 3. The van der Waals surface area contributed by atoms with Crippen LogP contribution in [-0.4, -0.2) is 34.6 Å². The first-order valence-corrected chi connectivity index (χ1v) is 5.51. The van der Waals surface area contributed by atoms with Crippen LogP contribution in [-0.2, 0) is 14.3 Å². The van der Waals surface area contributed by atoms with Gasteiger partial charge in [0.2, 0.25) is 0 Å². The molecule has 0 bridgehead atoms. The Bertz CT molecular complexity index is 354. The maximum absolute atomic E-state index is 11.4. The first-order valence-electron chi connectivity index (χ1n) is 5.51. The third-order valence-corrected chi connectivity index (χ3v) is 1.71. The van der Waals surface area contributed by atoms with Gasteiger partial charge in [0.1, 0.15) is 11.6 Å². The van der Waals surface area contributed by atoms with Gasteiger partial charge in [-0.05, 0) is 40.2 Å². The quantitative estimate of drug-likeness (QED) is 0.728. The minimum atomic E-state index is -1.19. The molecule has 0 saturated carbocycles. The Kier molecular flexibility index (Phi) is 6.08. The van der Waals surface area contributed by atoms with E-state index in [1.54, 1.807) is 20.8 Å². The molecule has 0 aliphatic carbocycles. The fourth-order valence-electron chi connectivity index (χ4n) is 1.04. The molecule has 0 radical (unpaired) electrons. The van der Waals surface area contributed by atoms with Gasteiger partial charge in [-0.3, -0.25) is 4.79 Å². The van der Waals surface area contributed by atoms with Gasteiger partial charge in [0.15, 0.2) is 5.78 Å². The van der Waals surface area contributed by atoms with E-state index in [-0.39, 0.29) is 12.2 Å². The standard InChI is InChI=1S/C12H19NO5/c1-8(14)6-5-7-9(10(15)16)13-11(17)18-12(2,3)4/h5-6,9H,7H2,1-4H3,(H,13,17)(H,15,16)/t9-/m0/s1. The average Bonchev–Trinajstić information content (AvgIpc) is 2.12. The number of nitrogens with one attached hydrogen (secondary N) is 1. The van der Waals surface area contributed by atoms with Crippen molar-refractivity contribution in [3.63, 3.8) is 0 Å². The summed E-state index contributed by atoms with van der Waals surface area (Å²) in [5.41, 5.74) is -0.692. The van der Waals surface area contributed by atoms with E-state index in [1.807, 2.05) is 0 Å². The molecule has 0 unspecified atom stereocenters. The van der Waals surface area contributed by atoms with Gasteiger partial charge in [0.25, 0.3) is 0 Å². The molecule has 0 saturated heterocycles. The zero-order valence-electron chi connectivity index (χ0n) is 11.0. The van der Waals surface area contributed by atoms with Crippen LogP contribution in [0, 0.1) is 0 Å². The molecule has 0 aliphatic heterocycles. The predicted molar refractivity (Wildman–Crippen MR) is 65.2 cm³/mol. The van der Waals surface area contributed by atoms with Crippen molar-refractivity contribution in [3.05, 3.63) is 12.2 Å². The smallest absolute Gasteiger partial charge is 0.408 e. The number of allylic oxidation sites excluding steroid dienone is 1. The summed E-state index contributed by atoms with van der Waals surface area (Å²) in [6.45, 7) is 6.39. The van der Waals surface area contributed by atoms with Crippen molar-refractivity contribution in [2.75, 3.05) is 0 Å². The molecule has 1 amide bonds. The van der Waals surface area contributed by atoms with E-state index in [0.29, 0.717) is 0 Å². The zero-order valence-corrected chi connectivity index (χ0v) is 11.0. The number of aliphatic carboxylic acids is 1. The molecule has 0 aromatic carbocycles. The molecule has 0 aliphatic rings. The molecule has 0 heterocycles. The Morgan fingerprint density at radius 3 is 2.28 bits per heavy atom. The number of hydrogen-bond acceptors (Lipinski definition) is 4. The highest BCUT2D eigenvalue weighted by Crippen LogP contribution is 2.07. The van der Waals surface area contributed by atoms with Gasteiger partial charge in [-0.15, -0.1) is 0 Å². The van der Waals surface area contributed by atoms with Crippen molar-refractivity contribution >= 4 is 17.8 Å². The maximum atomic E-state index is 11.4. The van der Waals surface area contributed by atoms with Crippen LogP contribution < -0.4 is 5.32 Å². The number of carboxylic acid groups (broad SMARTS) is 1. The summed E-state index contributed by atoms with van der Waals surface area (Å²) in [7, 11) is 0. The largest absolute Gasteiger partial charge is 0.480 e. The van der Waals surface area contributed by atoms with E-state index in [4.69, 9.17) is 9.84 Å². The first kappa shape index (κ1) is 16.1. The van der Waals surface area contributed by atoms with Gasteiger partial charge < -0.3 is 15.2 Å². The lowest BCUT2D eigenvalue weighted by molar-refractivity contribution is -0.139. The van der Waals surface area contributed by atoms with Crippen molar-refractivity contribution in [2.45, 2.75) is 45.8 Å². The number of rotatable bonds is 5. The van der Waals surface area contributed by atoms with Crippen LogP contribution >= 0.6 is 0 Å². The fraction of sp³-hybridized carbons (Fsp3) is 0.583. The Morgan fingerprint density at radius 2 is 1.89 bits per heavy atom. The van der Waals surface area contributed by atoms with Gasteiger partial charge in [-0.2, -0.15) is 0 Å². The van der Waals surface area contributed by atoms with Crippen LogP contribution in [0.4, 0.5) is 4.79 Å². The van der Waals surface area contributed by atoms with Crippen LogP contribution in [0.5, 0.6) is 0 Å². The Balaban J connectivity index is 4.41. The zero-order chi connectivity index (χ0) is 14.3. The summed E-state index contributed by atoms with van der Waals surface area (Å²) in [4.78, 5) is 32.9. The third kappa shape index (κ3) is 8.32. The molecule has 0 rings (SSSR count). The highest BCUT2D eigenvalue weighted by Gasteiger charge is 2.22. The van der Waals surface area contributed by atoms with E-state index >= 15 is 0 Å². The molecule has 1 atom stereocenters. The average molecular weight is 257 g/mol. The minimum Gasteiger partial charge on any atom is -0.480 e. The number of carboxylic acids is 1. The van der Waals surface area contributed by atoms with Crippen LogP contribution in [0.2, 0.25) is 0 Å². The van der Waals surface area contributed by atoms with Crippen molar-refractivity contribution in [2.24, 2.45) is 0 Å². The van der Waals surface area contributed by atoms with Crippen LogP contribution in [0.3, 0.4) is 0 Å². The number of ether oxygens (including phenoxy) is 1. The third-order valence-electron chi connectivity index (χ3n) is 1.71. The summed E-state index contributed by atoms with van der Waals surface area (Å²) in [6, 6.07) is -1.12. The number of ketones is 1. The molecule has 0 aromatic heterocycles. The first-order chi connectivity index (χ1) is 8.11. The molecule has 6 heteroatoms. The van der Waals surface area contributed by atoms with E-state index in [2.05, 4.69) is 5.32 Å². The second kappa shape index (κ2) is 6.78. The van der Waals surface area contributed by atoms with Crippen molar-refractivity contribution in [1.29, 1.82) is 0 Å². The van der Waals surface area contributed by atoms with Crippen molar-refractivity contribution < 1.29 is 24.2 Å². The van der Waals surface area contributed by atoms with Crippen molar-refractivity contribution in [1.82, 2.24) is 5.32 Å². The summed E-state index contributed by atoms with van der Waals surface area (Å²) >= 11 is 0. The monoisotopic (exact) mass is 257 g/mol. The molecule has 102 valence electrons. The molecule has 0 spiro atoms. The van der Waals surface area contributed by atoms with Gasteiger partial charge in [-0.25, -0.2) is 9.59 Å². The van der Waals surface area contributed by atoms with Crippen LogP contribution in [0.25, 0.3) is 0 Å². The number of amides is 1. The van der Waals surface area contributed by atoms with Gasteiger partial charge in [0.05, 0.1) is 0 Å². The number of carbonyl (C=O) groups excluding carboxylic acids is 2. The minimum absolute atomic E-state index is 0.0220. The molecular weight excluding hydrogens is 238 g/mol. The molecule has 0 fully saturated rings. The lowest BCUT2D eigenvalue weighted by atomic mass is 10.2. The van der Waals surface area contributed by atoms with E-state index in [9.17, 15) is 14.4 Å². The predicted octanol–water partition coefficient (Wildman–Crippen LogP) is 1.50. The Hall–Kier alpha value is -1.85. The topological polar surface area (TPSA) is 92.7 Å². The second-order valence-corrected chi connectivity index (χ2v) is 4.79. The summed E-state index contributed by atoms with van der Waals surface area (Å²) in [5.74, 6) is -1.37. The molecule has 2 N–H and O–H groups in total. The molecular formula is C12H19NO5. The van der Waals surface area contributed by atoms with Crippen LogP contribution in [0.1, 0.15) is 34.1 Å². The Labute approximate surface area is 106 Å². The van der Waals surface area contributed by atoms with E-state index in [0.717, 1.165) is 0 Å². The normalized spacial score (nSPS) is 13.1. The summed E-state index contributed by atoms with van der Waals surface area (Å²) in [5, 5.41) is 11.1. The van der Waals surface area contributed by atoms with Gasteiger partial charge >= 0.3 is 12.1 Å². The molecule has 0 aromatic rings. The van der Waals surface area contributed by atoms with E-state index in [1.165, 1.54) is 19.1 Å². The van der Waals surface area contributed by atoms with Gasteiger partial charge in [-0.1, -0.05) is 6.08 Å². The number of alkyl carbamates (subject to hydrolysis) is 1. The van der Waals surface area contributed by atoms with E-state index < -0.39 is 23.7 Å². The molecule has 18 heavy (non-hydrogen) atoms. The highest BCUT2D eigenvalue weighted by atomic mass is 16.6. The summed E-state index contributed by atoms with van der Waals surface area (Å²) < 4.78 is 4.94. The van der Waals surface area contributed by atoms with Gasteiger partial charge in [0, 0.05) is 0 Å².